The van der Waals surface area contributed by atoms with E-state index in [4.69, 9.17) is 11.6 Å². The minimum atomic E-state index is -0.0475. The molecule has 2 nitrogen and oxygen atoms in total. The van der Waals surface area contributed by atoms with Crippen LogP contribution in [0.15, 0.2) is 29.2 Å². The maximum atomic E-state index is 12.5. The molecule has 3 unspecified atom stereocenters. The quantitative estimate of drug-likeness (QED) is 0.775. The Morgan fingerprint density at radius 1 is 1.25 bits per heavy atom. The van der Waals surface area contributed by atoms with Crippen LogP contribution in [0, 0.1) is 11.8 Å². The summed E-state index contributed by atoms with van der Waals surface area (Å²) in [6.07, 6.45) is 1.22. The van der Waals surface area contributed by atoms with Gasteiger partial charge in [-0.3, -0.25) is 4.79 Å². The number of halogens is 1. The van der Waals surface area contributed by atoms with Crippen molar-refractivity contribution in [3.63, 3.8) is 0 Å². The van der Waals surface area contributed by atoms with Gasteiger partial charge >= 0.3 is 0 Å². The molecule has 1 fully saturated rings. The van der Waals surface area contributed by atoms with E-state index in [1.807, 2.05) is 36.1 Å². The van der Waals surface area contributed by atoms with Crippen molar-refractivity contribution in [2.75, 3.05) is 13.1 Å². The van der Waals surface area contributed by atoms with Gasteiger partial charge in [0.1, 0.15) is 0 Å². The number of benzene rings is 1. The number of piperidine rings is 1. The number of hydrogen-bond acceptors (Lipinski definition) is 2. The fourth-order valence-electron chi connectivity index (χ4n) is 2.87. The average Bonchev–Trinajstić information content (AvgIpc) is 2.39. The predicted octanol–water partition coefficient (Wildman–Crippen LogP) is 4.33. The van der Waals surface area contributed by atoms with E-state index in [1.54, 1.807) is 11.8 Å². The molecule has 0 radical (unpaired) electrons. The van der Waals surface area contributed by atoms with Crippen LogP contribution in [0.1, 0.15) is 27.2 Å². The molecule has 1 aliphatic heterocycles. The van der Waals surface area contributed by atoms with Crippen LogP contribution in [-0.4, -0.2) is 29.1 Å². The Balaban J connectivity index is 1.96. The lowest BCUT2D eigenvalue weighted by Gasteiger charge is -2.36. The van der Waals surface area contributed by atoms with Crippen molar-refractivity contribution >= 4 is 29.3 Å². The van der Waals surface area contributed by atoms with Crippen LogP contribution in [0.2, 0.25) is 5.02 Å². The molecule has 1 amide bonds. The molecule has 2 rings (SSSR count). The second kappa shape index (κ2) is 6.86. The van der Waals surface area contributed by atoms with Crippen LogP contribution in [0.4, 0.5) is 0 Å². The SMILES string of the molecule is CC1CC(C)CN(C(=O)C(C)Sc2ccc(Cl)cc2)C1. The Bertz CT molecular complexity index is 452. The molecule has 1 aromatic carbocycles. The third-order valence-corrected chi connectivity index (χ3v) is 5.01. The number of carbonyl (C=O) groups is 1. The van der Waals surface area contributed by atoms with Gasteiger partial charge in [-0.05, 0) is 49.4 Å². The van der Waals surface area contributed by atoms with Crippen LogP contribution in [-0.2, 0) is 4.79 Å². The molecular formula is C16H22ClNOS. The Morgan fingerprint density at radius 2 is 1.80 bits per heavy atom. The van der Waals surface area contributed by atoms with Crippen molar-refractivity contribution in [3.8, 4) is 0 Å². The molecule has 110 valence electrons. The molecule has 0 spiro atoms. The third kappa shape index (κ3) is 4.16. The van der Waals surface area contributed by atoms with Gasteiger partial charge in [-0.25, -0.2) is 0 Å². The Labute approximate surface area is 130 Å². The fourth-order valence-corrected chi connectivity index (χ4v) is 3.95. The van der Waals surface area contributed by atoms with E-state index in [0.717, 1.165) is 23.0 Å². The number of thioether (sulfide) groups is 1. The van der Waals surface area contributed by atoms with Gasteiger partial charge in [0, 0.05) is 23.0 Å². The van der Waals surface area contributed by atoms with Crippen LogP contribution < -0.4 is 0 Å². The summed E-state index contributed by atoms with van der Waals surface area (Å²) < 4.78 is 0. The van der Waals surface area contributed by atoms with Crippen molar-refractivity contribution < 1.29 is 4.79 Å². The molecular weight excluding hydrogens is 290 g/mol. The molecule has 1 aliphatic rings. The first-order valence-electron chi connectivity index (χ1n) is 7.16. The summed E-state index contributed by atoms with van der Waals surface area (Å²) in [6.45, 7) is 8.24. The van der Waals surface area contributed by atoms with Crippen molar-refractivity contribution in [1.29, 1.82) is 0 Å². The van der Waals surface area contributed by atoms with Crippen LogP contribution in [0.5, 0.6) is 0 Å². The first-order valence-corrected chi connectivity index (χ1v) is 8.42. The standard InChI is InChI=1S/C16H22ClNOS/c1-11-8-12(2)10-18(9-11)16(19)13(3)20-15-6-4-14(17)5-7-15/h4-7,11-13H,8-10H2,1-3H3. The minimum Gasteiger partial charge on any atom is -0.341 e. The third-order valence-electron chi connectivity index (χ3n) is 3.65. The topological polar surface area (TPSA) is 20.3 Å². The lowest BCUT2D eigenvalue weighted by atomic mass is 9.92. The summed E-state index contributed by atoms with van der Waals surface area (Å²) in [5.41, 5.74) is 0. The normalized spacial score (nSPS) is 24.5. The molecule has 0 saturated carbocycles. The zero-order valence-electron chi connectivity index (χ0n) is 12.3. The van der Waals surface area contributed by atoms with Gasteiger partial charge in [-0.2, -0.15) is 0 Å². The highest BCUT2D eigenvalue weighted by Gasteiger charge is 2.28. The van der Waals surface area contributed by atoms with E-state index in [-0.39, 0.29) is 11.2 Å². The van der Waals surface area contributed by atoms with Crippen molar-refractivity contribution in [2.45, 2.75) is 37.3 Å². The monoisotopic (exact) mass is 311 g/mol. The number of rotatable bonds is 3. The highest BCUT2D eigenvalue weighted by molar-refractivity contribution is 8.00. The fraction of sp³-hybridized carbons (Fsp3) is 0.562. The van der Waals surface area contributed by atoms with Crippen LogP contribution in [0.25, 0.3) is 0 Å². The van der Waals surface area contributed by atoms with Gasteiger partial charge in [0.15, 0.2) is 0 Å². The number of amides is 1. The average molecular weight is 312 g/mol. The van der Waals surface area contributed by atoms with Crippen LogP contribution in [0.3, 0.4) is 0 Å². The van der Waals surface area contributed by atoms with Gasteiger partial charge in [-0.15, -0.1) is 11.8 Å². The molecule has 3 atom stereocenters. The smallest absolute Gasteiger partial charge is 0.235 e. The van der Waals surface area contributed by atoms with Crippen molar-refractivity contribution in [3.05, 3.63) is 29.3 Å². The van der Waals surface area contributed by atoms with E-state index in [1.165, 1.54) is 6.42 Å². The molecule has 1 aromatic rings. The largest absolute Gasteiger partial charge is 0.341 e. The summed E-state index contributed by atoms with van der Waals surface area (Å²) in [4.78, 5) is 15.7. The van der Waals surface area contributed by atoms with Crippen molar-refractivity contribution in [2.24, 2.45) is 11.8 Å². The number of carbonyl (C=O) groups excluding carboxylic acids is 1. The predicted molar refractivity (Wildman–Crippen MR) is 86.3 cm³/mol. The zero-order chi connectivity index (χ0) is 14.7. The van der Waals surface area contributed by atoms with Gasteiger partial charge in [0.2, 0.25) is 5.91 Å². The maximum Gasteiger partial charge on any atom is 0.235 e. The number of hydrogen-bond donors (Lipinski definition) is 0. The molecule has 1 heterocycles. The van der Waals surface area contributed by atoms with E-state index in [0.29, 0.717) is 11.8 Å². The molecule has 0 aromatic heterocycles. The molecule has 0 bridgehead atoms. The second-order valence-corrected chi connectivity index (χ2v) is 7.75. The molecule has 1 saturated heterocycles. The Morgan fingerprint density at radius 3 is 2.35 bits per heavy atom. The molecule has 0 aliphatic carbocycles. The molecule has 0 N–H and O–H groups in total. The minimum absolute atomic E-state index is 0.0475. The molecule has 4 heteroatoms. The summed E-state index contributed by atoms with van der Waals surface area (Å²) in [7, 11) is 0. The van der Waals surface area contributed by atoms with E-state index < -0.39 is 0 Å². The van der Waals surface area contributed by atoms with Gasteiger partial charge < -0.3 is 4.90 Å². The maximum absolute atomic E-state index is 12.5. The van der Waals surface area contributed by atoms with E-state index >= 15 is 0 Å². The first-order chi connectivity index (χ1) is 9.45. The molecule has 20 heavy (non-hydrogen) atoms. The van der Waals surface area contributed by atoms with Gasteiger partial charge in [0.05, 0.1) is 5.25 Å². The second-order valence-electron chi connectivity index (χ2n) is 5.90. The Hall–Kier alpha value is -0.670. The number of nitrogens with zero attached hydrogens (tertiary/aromatic N) is 1. The summed E-state index contributed by atoms with van der Waals surface area (Å²) >= 11 is 7.49. The van der Waals surface area contributed by atoms with Gasteiger partial charge in [-0.1, -0.05) is 25.4 Å². The van der Waals surface area contributed by atoms with Gasteiger partial charge in [0.25, 0.3) is 0 Å². The lowest BCUT2D eigenvalue weighted by Crippen LogP contribution is -2.45. The lowest BCUT2D eigenvalue weighted by molar-refractivity contribution is -0.132. The summed E-state index contributed by atoms with van der Waals surface area (Å²) in [5, 5.41) is 0.681. The zero-order valence-corrected chi connectivity index (χ0v) is 13.9. The first kappa shape index (κ1) is 15.7. The van der Waals surface area contributed by atoms with E-state index in [2.05, 4.69) is 13.8 Å². The summed E-state index contributed by atoms with van der Waals surface area (Å²) in [6, 6.07) is 7.68. The Kier molecular flexibility index (Phi) is 5.39. The highest BCUT2D eigenvalue weighted by atomic mass is 35.5. The summed E-state index contributed by atoms with van der Waals surface area (Å²) in [5.74, 6) is 1.47. The van der Waals surface area contributed by atoms with E-state index in [9.17, 15) is 4.79 Å². The van der Waals surface area contributed by atoms with Crippen molar-refractivity contribution in [1.82, 2.24) is 4.90 Å². The van der Waals surface area contributed by atoms with Crippen LogP contribution >= 0.6 is 23.4 Å². The number of likely N-dealkylation sites (tertiary alicyclic amines) is 1. The highest BCUT2D eigenvalue weighted by Crippen LogP contribution is 2.28.